The number of hydrogen-bond donors (Lipinski definition) is 2. The van der Waals surface area contributed by atoms with Crippen molar-refractivity contribution >= 4 is 11.6 Å². The number of aliphatic hydroxyl groups excluding tert-OH is 2. The van der Waals surface area contributed by atoms with Crippen molar-refractivity contribution in [2.24, 2.45) is 0 Å². The molecule has 0 aliphatic heterocycles. The Morgan fingerprint density at radius 1 is 1.26 bits per heavy atom. The Morgan fingerprint density at radius 3 is 2.32 bits per heavy atom. The van der Waals surface area contributed by atoms with E-state index in [-0.39, 0.29) is 31.9 Å². The van der Waals surface area contributed by atoms with E-state index in [1.165, 1.54) is 0 Å². The highest BCUT2D eigenvalue weighted by Crippen LogP contribution is 2.17. The zero-order valence-corrected chi connectivity index (χ0v) is 9.95. The second-order valence-electron chi connectivity index (χ2n) is 3.69. The van der Waals surface area contributed by atoms with Crippen LogP contribution < -0.4 is 0 Å². The normalized spacial score (nSPS) is 10.3. The minimum atomic E-state index is -0.898. The van der Waals surface area contributed by atoms with Gasteiger partial charge in [-0.05, 0) is 6.07 Å². The summed E-state index contributed by atoms with van der Waals surface area (Å²) in [6.45, 7) is -0.764. The first-order valence-corrected chi connectivity index (χ1v) is 5.45. The first kappa shape index (κ1) is 15.0. The van der Waals surface area contributed by atoms with Crippen LogP contribution in [0.1, 0.15) is 10.4 Å². The molecule has 0 aliphatic rings. The van der Waals surface area contributed by atoms with E-state index in [1.807, 2.05) is 0 Å². The van der Waals surface area contributed by atoms with E-state index in [0.29, 0.717) is 6.07 Å². The van der Waals surface area contributed by atoms with E-state index in [4.69, 9.17) is 10.2 Å². The molecule has 0 aliphatic carbocycles. The Balaban J connectivity index is 3.06. The van der Waals surface area contributed by atoms with Crippen molar-refractivity contribution in [3.05, 3.63) is 39.7 Å². The quantitative estimate of drug-likeness (QED) is 0.567. The number of rotatable bonds is 6. The summed E-state index contributed by atoms with van der Waals surface area (Å²) in [7, 11) is 0. The molecule has 0 saturated carbocycles. The van der Waals surface area contributed by atoms with Crippen molar-refractivity contribution in [2.75, 3.05) is 26.3 Å². The average Bonchev–Trinajstić information content (AvgIpc) is 2.37. The number of benzene rings is 1. The van der Waals surface area contributed by atoms with Gasteiger partial charge in [0.2, 0.25) is 0 Å². The smallest absolute Gasteiger partial charge is 0.273 e. The largest absolute Gasteiger partial charge is 0.395 e. The summed E-state index contributed by atoms with van der Waals surface area (Å²) in [4.78, 5) is 22.8. The monoisotopic (exact) mass is 272 g/mol. The molecule has 8 heteroatoms. The number of aliphatic hydroxyl groups is 2. The SMILES string of the molecule is O=C(c1cc(F)cc([N+](=O)[O-])c1)N(CCO)CCO. The molecule has 1 rings (SSSR count). The number of non-ortho nitro benzene ring substituents is 1. The third-order valence-electron chi connectivity index (χ3n) is 2.37. The number of nitro benzene ring substituents is 1. The van der Waals surface area contributed by atoms with Crippen LogP contribution in [0.25, 0.3) is 0 Å². The van der Waals surface area contributed by atoms with Crippen LogP contribution in [0.2, 0.25) is 0 Å². The zero-order valence-electron chi connectivity index (χ0n) is 9.95. The van der Waals surface area contributed by atoms with Gasteiger partial charge in [-0.25, -0.2) is 4.39 Å². The topological polar surface area (TPSA) is 104 Å². The lowest BCUT2D eigenvalue weighted by Gasteiger charge is -2.20. The van der Waals surface area contributed by atoms with E-state index >= 15 is 0 Å². The van der Waals surface area contributed by atoms with E-state index in [9.17, 15) is 19.3 Å². The molecule has 1 aromatic carbocycles. The van der Waals surface area contributed by atoms with Gasteiger partial charge in [0.05, 0.1) is 24.2 Å². The molecule has 7 nitrogen and oxygen atoms in total. The Morgan fingerprint density at radius 2 is 1.84 bits per heavy atom. The molecule has 0 radical (unpaired) electrons. The van der Waals surface area contributed by atoms with Crippen molar-refractivity contribution in [1.29, 1.82) is 0 Å². The van der Waals surface area contributed by atoms with Gasteiger partial charge in [0.25, 0.3) is 11.6 Å². The molecule has 0 aromatic heterocycles. The maximum Gasteiger partial charge on any atom is 0.273 e. The van der Waals surface area contributed by atoms with Crippen molar-refractivity contribution in [3.63, 3.8) is 0 Å². The lowest BCUT2D eigenvalue weighted by molar-refractivity contribution is -0.385. The van der Waals surface area contributed by atoms with Crippen molar-refractivity contribution in [3.8, 4) is 0 Å². The second kappa shape index (κ2) is 6.76. The predicted octanol–water partition coefficient (Wildman–Crippen LogP) is 0.161. The van der Waals surface area contributed by atoms with Gasteiger partial charge in [0.1, 0.15) is 5.82 Å². The molecular formula is C11H13FN2O5. The van der Waals surface area contributed by atoms with Crippen LogP contribution in [0.4, 0.5) is 10.1 Å². The van der Waals surface area contributed by atoms with E-state index < -0.39 is 22.3 Å². The van der Waals surface area contributed by atoms with Crippen molar-refractivity contribution in [2.45, 2.75) is 0 Å². The maximum absolute atomic E-state index is 13.2. The predicted molar refractivity (Wildman–Crippen MR) is 63.1 cm³/mol. The molecular weight excluding hydrogens is 259 g/mol. The summed E-state index contributed by atoms with van der Waals surface area (Å²) in [5.41, 5.74) is -0.732. The fourth-order valence-electron chi connectivity index (χ4n) is 1.54. The van der Waals surface area contributed by atoms with Gasteiger partial charge in [-0.15, -0.1) is 0 Å². The van der Waals surface area contributed by atoms with Gasteiger partial charge in [-0.2, -0.15) is 0 Å². The maximum atomic E-state index is 13.2. The summed E-state index contributed by atoms with van der Waals surface area (Å²) in [6.07, 6.45) is 0. The van der Waals surface area contributed by atoms with Crippen LogP contribution in [0, 0.1) is 15.9 Å². The number of carbonyl (C=O) groups excluding carboxylic acids is 1. The first-order chi connectivity index (χ1) is 8.99. The van der Waals surface area contributed by atoms with Crippen LogP contribution in [-0.2, 0) is 0 Å². The van der Waals surface area contributed by atoms with Crippen LogP contribution in [0.3, 0.4) is 0 Å². The summed E-state index contributed by atoms with van der Waals surface area (Å²) >= 11 is 0. The van der Waals surface area contributed by atoms with Gasteiger partial charge in [-0.3, -0.25) is 14.9 Å². The fraction of sp³-hybridized carbons (Fsp3) is 0.364. The van der Waals surface area contributed by atoms with Gasteiger partial charge >= 0.3 is 0 Å². The molecule has 1 amide bonds. The molecule has 19 heavy (non-hydrogen) atoms. The van der Waals surface area contributed by atoms with Crippen LogP contribution in [0.15, 0.2) is 18.2 Å². The summed E-state index contributed by atoms with van der Waals surface area (Å²) in [5.74, 6) is -1.59. The zero-order chi connectivity index (χ0) is 14.4. The van der Waals surface area contributed by atoms with Gasteiger partial charge < -0.3 is 15.1 Å². The van der Waals surface area contributed by atoms with Crippen LogP contribution in [0.5, 0.6) is 0 Å². The van der Waals surface area contributed by atoms with E-state index in [2.05, 4.69) is 0 Å². The molecule has 0 unspecified atom stereocenters. The van der Waals surface area contributed by atoms with Gasteiger partial charge in [0.15, 0.2) is 0 Å². The molecule has 2 N–H and O–H groups in total. The minimum Gasteiger partial charge on any atom is -0.395 e. The second-order valence-corrected chi connectivity index (χ2v) is 3.69. The lowest BCUT2D eigenvalue weighted by atomic mass is 10.1. The Bertz CT molecular complexity index is 474. The molecule has 0 heterocycles. The fourth-order valence-corrected chi connectivity index (χ4v) is 1.54. The average molecular weight is 272 g/mol. The van der Waals surface area contributed by atoms with Crippen molar-refractivity contribution < 1.29 is 24.3 Å². The molecule has 104 valence electrons. The number of halogens is 1. The number of nitro groups is 1. The number of amides is 1. The highest BCUT2D eigenvalue weighted by atomic mass is 19.1. The van der Waals surface area contributed by atoms with Gasteiger partial charge in [0, 0.05) is 24.7 Å². The van der Waals surface area contributed by atoms with Crippen LogP contribution in [-0.4, -0.2) is 52.2 Å². The number of hydrogen-bond acceptors (Lipinski definition) is 5. The third kappa shape index (κ3) is 3.97. The Kier molecular flexibility index (Phi) is 5.34. The highest BCUT2D eigenvalue weighted by Gasteiger charge is 2.19. The summed E-state index contributed by atoms with van der Waals surface area (Å²) < 4.78 is 13.2. The van der Waals surface area contributed by atoms with Gasteiger partial charge in [-0.1, -0.05) is 0 Å². The first-order valence-electron chi connectivity index (χ1n) is 5.45. The molecule has 0 atom stereocenters. The highest BCUT2D eigenvalue weighted by molar-refractivity contribution is 5.94. The summed E-state index contributed by atoms with van der Waals surface area (Å²) in [5, 5.41) is 28.2. The standard InChI is InChI=1S/C11H13FN2O5/c12-9-5-8(6-10(7-9)14(18)19)11(17)13(1-3-15)2-4-16/h5-7,15-16H,1-4H2. The third-order valence-corrected chi connectivity index (χ3v) is 2.37. The molecule has 0 spiro atoms. The molecule has 0 bridgehead atoms. The van der Waals surface area contributed by atoms with Crippen LogP contribution >= 0.6 is 0 Å². The Labute approximate surface area is 108 Å². The molecule has 0 saturated heterocycles. The molecule has 1 aromatic rings. The lowest BCUT2D eigenvalue weighted by Crippen LogP contribution is -2.35. The molecule has 0 fully saturated rings. The van der Waals surface area contributed by atoms with E-state index in [1.54, 1.807) is 0 Å². The minimum absolute atomic E-state index is 0.0519. The Hall–Kier alpha value is -2.06. The summed E-state index contributed by atoms with van der Waals surface area (Å²) in [6, 6.07) is 2.53. The number of carbonyl (C=O) groups is 1. The van der Waals surface area contributed by atoms with Crippen molar-refractivity contribution in [1.82, 2.24) is 4.90 Å². The van der Waals surface area contributed by atoms with E-state index in [0.717, 1.165) is 17.0 Å². The number of nitrogens with zero attached hydrogens (tertiary/aromatic N) is 2.